The standard InChI is InChI=1S/C14H12N2O2S/c1-19(17,18)13-9-7-12(8-10-13)14(16-15)11-5-3-2-4-6-11/h2-10H,1H3. The zero-order valence-electron chi connectivity index (χ0n) is 10.3. The Morgan fingerprint density at radius 3 is 1.95 bits per heavy atom. The van der Waals surface area contributed by atoms with Crippen molar-refractivity contribution >= 4 is 15.5 Å². The Morgan fingerprint density at radius 1 is 0.947 bits per heavy atom. The van der Waals surface area contributed by atoms with E-state index in [-0.39, 0.29) is 4.90 Å². The van der Waals surface area contributed by atoms with Gasteiger partial charge in [0.05, 0.1) is 16.0 Å². The van der Waals surface area contributed by atoms with E-state index >= 15 is 0 Å². The summed E-state index contributed by atoms with van der Waals surface area (Å²) >= 11 is 0. The maximum absolute atomic E-state index is 11.4. The molecular formula is C14H12N2O2S. The third-order valence-electron chi connectivity index (χ3n) is 2.70. The highest BCUT2D eigenvalue weighted by Gasteiger charge is 2.15. The molecule has 0 amide bonds. The van der Waals surface area contributed by atoms with Crippen LogP contribution >= 0.6 is 0 Å². The summed E-state index contributed by atoms with van der Waals surface area (Å²) in [6, 6.07) is 15.4. The minimum atomic E-state index is -3.22. The molecular weight excluding hydrogens is 260 g/mol. The quantitative estimate of drug-likeness (QED) is 0.488. The number of sulfone groups is 1. The minimum Gasteiger partial charge on any atom is -0.361 e. The third kappa shape index (κ3) is 2.96. The molecule has 0 unspecified atom stereocenters. The summed E-state index contributed by atoms with van der Waals surface area (Å²) < 4.78 is 22.7. The normalized spacial score (nSPS) is 10.8. The molecule has 0 bridgehead atoms. The molecule has 0 heterocycles. The van der Waals surface area contributed by atoms with E-state index in [0.29, 0.717) is 11.3 Å². The predicted molar refractivity (Wildman–Crippen MR) is 72.8 cm³/mol. The molecule has 0 spiro atoms. The van der Waals surface area contributed by atoms with Crippen molar-refractivity contribution in [1.82, 2.24) is 0 Å². The Morgan fingerprint density at radius 2 is 1.47 bits per heavy atom. The van der Waals surface area contributed by atoms with Gasteiger partial charge in [-0.3, -0.25) is 0 Å². The van der Waals surface area contributed by atoms with Crippen molar-refractivity contribution in [2.45, 2.75) is 4.90 Å². The molecule has 0 saturated carbocycles. The third-order valence-corrected chi connectivity index (χ3v) is 3.83. The molecule has 0 N–H and O–H groups in total. The molecule has 0 fully saturated rings. The average molecular weight is 272 g/mol. The number of hydrogen-bond acceptors (Lipinski definition) is 2. The first-order valence-corrected chi connectivity index (χ1v) is 7.49. The molecule has 2 rings (SSSR count). The molecule has 0 radical (unpaired) electrons. The van der Waals surface area contributed by atoms with Gasteiger partial charge in [-0.05, 0) is 36.4 Å². The lowest BCUT2D eigenvalue weighted by Crippen LogP contribution is -2.05. The van der Waals surface area contributed by atoms with Crippen molar-refractivity contribution in [3.8, 4) is 0 Å². The molecule has 0 atom stereocenters. The molecule has 2 aromatic carbocycles. The van der Waals surface area contributed by atoms with Gasteiger partial charge in [0, 0.05) is 6.26 Å². The lowest BCUT2D eigenvalue weighted by molar-refractivity contribution is -0.00279. The van der Waals surface area contributed by atoms with Gasteiger partial charge in [0.15, 0.2) is 9.84 Å². The summed E-state index contributed by atoms with van der Waals surface area (Å²) in [4.78, 5) is 3.53. The van der Waals surface area contributed by atoms with Gasteiger partial charge >= 0.3 is 5.71 Å². The number of hydrogen-bond donors (Lipinski definition) is 0. The van der Waals surface area contributed by atoms with E-state index in [1.165, 1.54) is 12.1 Å². The van der Waals surface area contributed by atoms with Crippen molar-refractivity contribution < 1.29 is 13.2 Å². The van der Waals surface area contributed by atoms with Crippen LogP contribution in [0.4, 0.5) is 0 Å². The summed E-state index contributed by atoms with van der Waals surface area (Å²) in [7, 11) is -3.22. The van der Waals surface area contributed by atoms with E-state index in [4.69, 9.17) is 5.53 Å². The van der Waals surface area contributed by atoms with Crippen LogP contribution in [0.15, 0.2) is 59.5 Å². The molecule has 5 heteroatoms. The largest absolute Gasteiger partial charge is 0.361 e. The van der Waals surface area contributed by atoms with Gasteiger partial charge in [-0.1, -0.05) is 18.2 Å². The van der Waals surface area contributed by atoms with Crippen LogP contribution in [0.5, 0.6) is 0 Å². The second-order valence-corrected chi connectivity index (χ2v) is 6.13. The molecule has 0 aliphatic heterocycles. The highest BCUT2D eigenvalue weighted by atomic mass is 32.2. The first-order chi connectivity index (χ1) is 9.02. The molecule has 96 valence electrons. The van der Waals surface area contributed by atoms with Gasteiger partial charge in [-0.25, -0.2) is 8.42 Å². The van der Waals surface area contributed by atoms with Crippen LogP contribution in [0.3, 0.4) is 0 Å². The highest BCUT2D eigenvalue weighted by Crippen LogP contribution is 2.13. The van der Waals surface area contributed by atoms with Crippen LogP contribution in [0.1, 0.15) is 11.1 Å². The fourth-order valence-corrected chi connectivity index (χ4v) is 2.37. The molecule has 0 aliphatic rings. The highest BCUT2D eigenvalue weighted by molar-refractivity contribution is 7.90. The number of nitrogens with zero attached hydrogens (tertiary/aromatic N) is 2. The van der Waals surface area contributed by atoms with Crippen molar-refractivity contribution in [2.24, 2.45) is 0 Å². The lowest BCUT2D eigenvalue weighted by Gasteiger charge is -2.00. The van der Waals surface area contributed by atoms with Crippen molar-refractivity contribution in [3.63, 3.8) is 0 Å². The van der Waals surface area contributed by atoms with Crippen molar-refractivity contribution in [3.05, 3.63) is 71.3 Å². The van der Waals surface area contributed by atoms with Gasteiger partial charge in [-0.2, -0.15) is 4.79 Å². The number of rotatable bonds is 3. The summed E-state index contributed by atoms with van der Waals surface area (Å²) in [6.07, 6.45) is 1.15. The van der Waals surface area contributed by atoms with E-state index in [0.717, 1.165) is 11.8 Å². The van der Waals surface area contributed by atoms with Gasteiger partial charge in [0.1, 0.15) is 0 Å². The Bertz CT molecular complexity index is 729. The van der Waals surface area contributed by atoms with E-state index in [1.807, 2.05) is 30.3 Å². The Hall–Kier alpha value is -2.23. The summed E-state index contributed by atoms with van der Waals surface area (Å²) in [5.41, 5.74) is 11.0. The minimum absolute atomic E-state index is 0.238. The van der Waals surface area contributed by atoms with E-state index in [2.05, 4.69) is 4.79 Å². The fourth-order valence-electron chi connectivity index (χ4n) is 1.74. The maximum atomic E-state index is 11.4. The van der Waals surface area contributed by atoms with E-state index < -0.39 is 9.84 Å². The van der Waals surface area contributed by atoms with E-state index in [9.17, 15) is 8.42 Å². The van der Waals surface area contributed by atoms with Crippen LogP contribution in [0, 0.1) is 0 Å². The predicted octanol–water partition coefficient (Wildman–Crippen LogP) is 2.16. The Kier molecular flexibility index (Phi) is 3.60. The SMILES string of the molecule is CS(=O)(=O)c1ccc(C(=[N+]=[N-])c2ccccc2)cc1. The van der Waals surface area contributed by atoms with Gasteiger partial charge in [-0.15, -0.1) is 0 Å². The van der Waals surface area contributed by atoms with Crippen molar-refractivity contribution in [1.29, 1.82) is 0 Å². The van der Waals surface area contributed by atoms with Crippen LogP contribution < -0.4 is 0 Å². The maximum Gasteiger partial charge on any atom is 0.329 e. The molecule has 4 nitrogen and oxygen atoms in total. The molecule has 0 aliphatic carbocycles. The van der Waals surface area contributed by atoms with Crippen LogP contribution in [-0.2, 0) is 9.84 Å². The topological polar surface area (TPSA) is 70.5 Å². The van der Waals surface area contributed by atoms with Gasteiger partial charge < -0.3 is 5.53 Å². The molecule has 2 aromatic rings. The van der Waals surface area contributed by atoms with Crippen LogP contribution in [-0.4, -0.2) is 25.2 Å². The monoisotopic (exact) mass is 272 g/mol. The molecule has 0 aromatic heterocycles. The average Bonchev–Trinajstić information content (AvgIpc) is 2.40. The van der Waals surface area contributed by atoms with Crippen LogP contribution in [0.25, 0.3) is 5.53 Å². The van der Waals surface area contributed by atoms with Gasteiger partial charge in [0.2, 0.25) is 0 Å². The zero-order chi connectivity index (χ0) is 13.9. The smallest absolute Gasteiger partial charge is 0.329 e. The van der Waals surface area contributed by atoms with Gasteiger partial charge in [0.25, 0.3) is 0 Å². The fraction of sp³-hybridized carbons (Fsp3) is 0.0714. The first-order valence-electron chi connectivity index (χ1n) is 5.60. The van der Waals surface area contributed by atoms with Crippen molar-refractivity contribution in [2.75, 3.05) is 6.26 Å². The van der Waals surface area contributed by atoms with E-state index in [1.54, 1.807) is 12.1 Å². The summed E-state index contributed by atoms with van der Waals surface area (Å²) in [6.45, 7) is 0. The van der Waals surface area contributed by atoms with Crippen LogP contribution in [0.2, 0.25) is 0 Å². The Balaban J connectivity index is 2.45. The molecule has 19 heavy (non-hydrogen) atoms. The summed E-state index contributed by atoms with van der Waals surface area (Å²) in [5.74, 6) is 0. The number of benzene rings is 2. The summed E-state index contributed by atoms with van der Waals surface area (Å²) in [5, 5.41) is 0. The molecule has 0 saturated heterocycles. The second kappa shape index (κ2) is 5.18. The Labute approximate surface area is 111 Å². The zero-order valence-corrected chi connectivity index (χ0v) is 11.1. The first kappa shape index (κ1) is 13.2. The second-order valence-electron chi connectivity index (χ2n) is 4.11. The lowest BCUT2D eigenvalue weighted by atomic mass is 10.0.